The molecule has 1 aromatic heterocycles. The fourth-order valence-electron chi connectivity index (χ4n) is 4.17. The molecule has 1 amide bonds. The Kier molecular flexibility index (Phi) is 8.22. The molecule has 0 aliphatic carbocycles. The largest absolute Gasteiger partial charge is 0.494 e. The Bertz CT molecular complexity index is 1270. The molecule has 0 saturated carbocycles. The summed E-state index contributed by atoms with van der Waals surface area (Å²) in [6.45, 7) is 1.46. The maximum Gasteiger partial charge on any atom is 0.252 e. The number of ether oxygens (including phenoxy) is 2. The van der Waals surface area contributed by atoms with Gasteiger partial charge in [-0.1, -0.05) is 12.1 Å². The maximum absolute atomic E-state index is 14.4. The first-order valence-corrected chi connectivity index (χ1v) is 11.8. The third-order valence-corrected chi connectivity index (χ3v) is 6.18. The lowest BCUT2D eigenvalue weighted by atomic mass is 9.99. The maximum atomic E-state index is 14.4. The second kappa shape index (κ2) is 11.7. The smallest absolute Gasteiger partial charge is 0.252 e. The van der Waals surface area contributed by atoms with E-state index in [1.807, 2.05) is 12.1 Å². The van der Waals surface area contributed by atoms with E-state index in [9.17, 15) is 9.18 Å². The predicted octanol–water partition coefficient (Wildman–Crippen LogP) is 4.55. The Morgan fingerprint density at radius 3 is 2.78 bits per heavy atom. The van der Waals surface area contributed by atoms with Crippen molar-refractivity contribution in [2.75, 3.05) is 32.7 Å². The highest BCUT2D eigenvalue weighted by atomic mass is 19.1. The number of anilines is 1. The van der Waals surface area contributed by atoms with Crippen molar-refractivity contribution in [1.82, 2.24) is 10.3 Å². The molecule has 1 atom stereocenters. The zero-order chi connectivity index (χ0) is 25.5. The number of hydrogen-bond donors (Lipinski definition) is 3. The number of hydrogen-bond acceptors (Lipinski definition) is 7. The number of halogens is 1. The Balaban J connectivity index is 1.57. The number of nitrogens with one attached hydrogen (secondary N) is 3. The third-order valence-electron chi connectivity index (χ3n) is 6.18. The van der Waals surface area contributed by atoms with Crippen molar-refractivity contribution >= 4 is 34.4 Å². The highest BCUT2D eigenvalue weighted by molar-refractivity contribution is 6.04. The number of methoxy groups -OCH3 is 1. The molecule has 3 aromatic rings. The lowest BCUT2D eigenvalue weighted by Crippen LogP contribution is -2.33. The molecule has 1 aliphatic rings. The number of amides is 1. The van der Waals surface area contributed by atoms with Crippen molar-refractivity contribution in [3.8, 4) is 5.75 Å². The summed E-state index contributed by atoms with van der Waals surface area (Å²) in [6.07, 6.45) is 5.42. The molecule has 9 heteroatoms. The van der Waals surface area contributed by atoms with E-state index in [4.69, 9.17) is 14.9 Å². The molecule has 4 rings (SSSR count). The zero-order valence-electron chi connectivity index (χ0n) is 20.4. The van der Waals surface area contributed by atoms with E-state index in [0.717, 1.165) is 42.6 Å². The van der Waals surface area contributed by atoms with Crippen LogP contribution in [0, 0.1) is 11.2 Å². The predicted molar refractivity (Wildman–Crippen MR) is 139 cm³/mol. The molecule has 36 heavy (non-hydrogen) atoms. The first-order valence-electron chi connectivity index (χ1n) is 11.8. The normalized spacial score (nSPS) is 15.1. The van der Waals surface area contributed by atoms with Crippen molar-refractivity contribution in [1.29, 1.82) is 5.41 Å². The van der Waals surface area contributed by atoms with Gasteiger partial charge in [0.1, 0.15) is 5.82 Å². The number of aromatic nitrogens is 1. The molecule has 1 fully saturated rings. The molecule has 2 heterocycles. The Morgan fingerprint density at radius 1 is 1.25 bits per heavy atom. The van der Waals surface area contributed by atoms with Gasteiger partial charge in [0.15, 0.2) is 11.6 Å². The van der Waals surface area contributed by atoms with Crippen LogP contribution in [0.5, 0.6) is 5.75 Å². The monoisotopic (exact) mass is 491 g/mol. The fourth-order valence-corrected chi connectivity index (χ4v) is 4.17. The summed E-state index contributed by atoms with van der Waals surface area (Å²) < 4.78 is 24.8. The minimum Gasteiger partial charge on any atom is -0.494 e. The first kappa shape index (κ1) is 25.2. The van der Waals surface area contributed by atoms with Gasteiger partial charge in [0.2, 0.25) is 0 Å². The Labute approximate surface area is 209 Å². The standard InChI is InChI=1S/C27H30FN5O3/c1-30-10-7-23(29)26(17-5-6-24(35-2)22(28)14-17)33-27(34)18-3-4-19-16-31-25(15-20(19)13-18)32-21-8-11-36-12-9-21/h3-6,10,13-16,21,26,29H,7-9,11-12H2,1-2H3,(H,31,32)(H,33,34). The van der Waals surface area contributed by atoms with Gasteiger partial charge in [-0.3, -0.25) is 4.79 Å². The van der Waals surface area contributed by atoms with E-state index in [0.29, 0.717) is 17.2 Å². The number of nitrogens with zero attached hydrogens (tertiary/aromatic N) is 2. The second-order valence-corrected chi connectivity index (χ2v) is 8.63. The summed E-state index contributed by atoms with van der Waals surface area (Å²) in [5.74, 6) is -0.0843. The van der Waals surface area contributed by atoms with Crippen molar-refractivity contribution in [3.05, 3.63) is 65.6 Å². The molecule has 1 saturated heterocycles. The number of aliphatic imine (C=N–C) groups is 1. The van der Waals surface area contributed by atoms with Gasteiger partial charge < -0.3 is 30.5 Å². The minimum atomic E-state index is -0.824. The van der Waals surface area contributed by atoms with Gasteiger partial charge >= 0.3 is 0 Å². The number of carbonyl (C=O) groups is 1. The molecule has 1 aliphatic heterocycles. The Hall–Kier alpha value is -3.85. The average molecular weight is 492 g/mol. The molecule has 188 valence electrons. The minimum absolute atomic E-state index is 0.0961. The quantitative estimate of drug-likeness (QED) is 0.381. The van der Waals surface area contributed by atoms with Crippen molar-refractivity contribution in [2.24, 2.45) is 4.99 Å². The molecular weight excluding hydrogens is 461 g/mol. The van der Waals surface area contributed by atoms with Crippen molar-refractivity contribution < 1.29 is 18.7 Å². The summed E-state index contributed by atoms with van der Waals surface area (Å²) in [4.78, 5) is 21.7. The van der Waals surface area contributed by atoms with E-state index < -0.39 is 11.9 Å². The summed E-state index contributed by atoms with van der Waals surface area (Å²) in [5.41, 5.74) is 1.07. The summed E-state index contributed by atoms with van der Waals surface area (Å²) in [5, 5.41) is 16.6. The van der Waals surface area contributed by atoms with Gasteiger partial charge in [-0.05, 0) is 54.1 Å². The third kappa shape index (κ3) is 6.04. The Morgan fingerprint density at radius 2 is 2.06 bits per heavy atom. The van der Waals surface area contributed by atoms with E-state index in [1.54, 1.807) is 37.7 Å². The van der Waals surface area contributed by atoms with Crippen LogP contribution in [0.2, 0.25) is 0 Å². The highest BCUT2D eigenvalue weighted by Gasteiger charge is 2.22. The van der Waals surface area contributed by atoms with Crippen LogP contribution in [-0.4, -0.2) is 56.2 Å². The molecular formula is C27H30FN5O3. The van der Waals surface area contributed by atoms with Gasteiger partial charge in [-0.2, -0.15) is 0 Å². The van der Waals surface area contributed by atoms with Gasteiger partial charge in [0, 0.05) is 61.8 Å². The lowest BCUT2D eigenvalue weighted by Gasteiger charge is -2.23. The molecule has 0 spiro atoms. The van der Waals surface area contributed by atoms with Gasteiger partial charge in [-0.25, -0.2) is 9.37 Å². The summed E-state index contributed by atoms with van der Waals surface area (Å²) >= 11 is 0. The number of rotatable bonds is 9. The van der Waals surface area contributed by atoms with Crippen LogP contribution in [0.25, 0.3) is 10.8 Å². The van der Waals surface area contributed by atoms with Gasteiger partial charge in [0.05, 0.1) is 13.2 Å². The number of carbonyl (C=O) groups excluding carboxylic acids is 1. The summed E-state index contributed by atoms with van der Waals surface area (Å²) in [7, 11) is 3.00. The lowest BCUT2D eigenvalue weighted by molar-refractivity contribution is 0.0903. The first-order chi connectivity index (χ1) is 17.5. The molecule has 0 radical (unpaired) electrons. The zero-order valence-corrected chi connectivity index (χ0v) is 20.4. The molecule has 8 nitrogen and oxygen atoms in total. The molecule has 1 unspecified atom stereocenters. The van der Waals surface area contributed by atoms with E-state index in [2.05, 4.69) is 20.6 Å². The topological polar surface area (TPSA) is 109 Å². The van der Waals surface area contributed by atoms with Crippen LogP contribution in [0.4, 0.5) is 10.2 Å². The molecule has 2 aromatic carbocycles. The van der Waals surface area contributed by atoms with Crippen LogP contribution in [0.15, 0.2) is 53.7 Å². The van der Waals surface area contributed by atoms with E-state index >= 15 is 0 Å². The number of benzene rings is 2. The average Bonchev–Trinajstić information content (AvgIpc) is 2.90. The number of pyridine rings is 1. The van der Waals surface area contributed by atoms with Crippen LogP contribution in [0.1, 0.15) is 41.2 Å². The van der Waals surface area contributed by atoms with E-state index in [1.165, 1.54) is 19.2 Å². The second-order valence-electron chi connectivity index (χ2n) is 8.63. The SMILES string of the molecule is CN=CCC(=N)C(NC(=O)c1ccc2cnc(NC3CCOCC3)cc2c1)c1ccc(OC)c(F)c1. The van der Waals surface area contributed by atoms with Crippen molar-refractivity contribution in [3.63, 3.8) is 0 Å². The van der Waals surface area contributed by atoms with Crippen LogP contribution in [0.3, 0.4) is 0 Å². The fraction of sp³-hybridized carbons (Fsp3) is 0.333. The van der Waals surface area contributed by atoms with Gasteiger partial charge in [-0.15, -0.1) is 0 Å². The highest BCUT2D eigenvalue weighted by Crippen LogP contribution is 2.25. The van der Waals surface area contributed by atoms with Gasteiger partial charge in [0.25, 0.3) is 5.91 Å². The molecule has 0 bridgehead atoms. The number of fused-ring (bicyclic) bond motifs is 1. The van der Waals surface area contributed by atoms with Crippen LogP contribution < -0.4 is 15.4 Å². The van der Waals surface area contributed by atoms with Crippen LogP contribution >= 0.6 is 0 Å². The van der Waals surface area contributed by atoms with Crippen LogP contribution in [-0.2, 0) is 4.74 Å². The van der Waals surface area contributed by atoms with E-state index in [-0.39, 0.29) is 23.8 Å². The summed E-state index contributed by atoms with van der Waals surface area (Å²) in [6, 6.07) is 11.2. The van der Waals surface area contributed by atoms with Crippen molar-refractivity contribution in [2.45, 2.75) is 31.3 Å². The molecule has 3 N–H and O–H groups in total.